The van der Waals surface area contributed by atoms with Crippen molar-refractivity contribution in [1.82, 2.24) is 0 Å². The Morgan fingerprint density at radius 1 is 1.40 bits per heavy atom. The molecule has 108 valence electrons. The minimum Gasteiger partial charge on any atom is -0.465 e. The molecule has 0 radical (unpaired) electrons. The average molecular weight is 303 g/mol. The molecule has 0 bridgehead atoms. The predicted molar refractivity (Wildman–Crippen MR) is 68.9 cm³/mol. The van der Waals surface area contributed by atoms with Crippen LogP contribution >= 0.6 is 11.6 Å². The zero-order valence-corrected chi connectivity index (χ0v) is 11.5. The lowest BCUT2D eigenvalue weighted by Crippen LogP contribution is -2.34. The number of hydrogen-bond donors (Lipinski definition) is 0. The molecule has 0 amide bonds. The van der Waals surface area contributed by atoms with Gasteiger partial charge >= 0.3 is 5.97 Å². The molecule has 1 aliphatic carbocycles. The number of ketones is 1. The van der Waals surface area contributed by atoms with Gasteiger partial charge in [-0.3, -0.25) is 9.59 Å². The highest BCUT2D eigenvalue weighted by atomic mass is 35.5. The Morgan fingerprint density at radius 3 is 2.50 bits per heavy atom. The highest BCUT2D eigenvalue weighted by Gasteiger charge is 2.68. The van der Waals surface area contributed by atoms with Gasteiger partial charge in [-0.2, -0.15) is 0 Å². The molecular formula is C14H13ClF2O3. The number of rotatable bonds is 5. The van der Waals surface area contributed by atoms with E-state index >= 15 is 0 Å². The highest BCUT2D eigenvalue weighted by Crippen LogP contribution is 2.61. The molecule has 6 heteroatoms. The van der Waals surface area contributed by atoms with E-state index in [0.29, 0.717) is 10.6 Å². The Hall–Kier alpha value is -1.49. The van der Waals surface area contributed by atoms with E-state index < -0.39 is 29.5 Å². The van der Waals surface area contributed by atoms with Crippen molar-refractivity contribution in [2.45, 2.75) is 25.7 Å². The molecule has 3 nitrogen and oxygen atoms in total. The summed E-state index contributed by atoms with van der Waals surface area (Å²) in [5.41, 5.74) is -1.10. The maximum atomic E-state index is 12.7. The van der Waals surface area contributed by atoms with Crippen LogP contribution in [0.2, 0.25) is 5.02 Å². The summed E-state index contributed by atoms with van der Waals surface area (Å²) in [4.78, 5) is 23.6. The fourth-order valence-electron chi connectivity index (χ4n) is 2.41. The van der Waals surface area contributed by atoms with Crippen molar-refractivity contribution in [3.8, 4) is 0 Å². The van der Waals surface area contributed by atoms with Crippen LogP contribution in [0, 0.1) is 5.41 Å². The molecule has 1 fully saturated rings. The van der Waals surface area contributed by atoms with Gasteiger partial charge in [0, 0.05) is 10.9 Å². The number of hydrogen-bond acceptors (Lipinski definition) is 3. The molecular weight excluding hydrogens is 290 g/mol. The molecule has 2 rings (SSSR count). The van der Waals surface area contributed by atoms with Crippen molar-refractivity contribution in [3.63, 3.8) is 0 Å². The van der Waals surface area contributed by atoms with Crippen molar-refractivity contribution >= 4 is 23.4 Å². The standard InChI is InChI=1S/C14H13ClF2O3/c1-2-20-13(19)14(11(18)12(16)17)7-10(14)8-3-5-9(15)6-4-8/h3-6,10,12H,2,7H2,1H3. The van der Waals surface area contributed by atoms with Gasteiger partial charge in [0.05, 0.1) is 6.61 Å². The normalized spacial score (nSPS) is 24.6. The largest absolute Gasteiger partial charge is 0.465 e. The van der Waals surface area contributed by atoms with Gasteiger partial charge in [-0.1, -0.05) is 23.7 Å². The van der Waals surface area contributed by atoms with Crippen molar-refractivity contribution in [3.05, 3.63) is 34.9 Å². The molecule has 1 aromatic carbocycles. The molecule has 1 aliphatic rings. The summed E-state index contributed by atoms with van der Waals surface area (Å²) in [6.07, 6.45) is -3.13. The number of alkyl halides is 2. The third-order valence-electron chi connectivity index (χ3n) is 3.51. The van der Waals surface area contributed by atoms with Gasteiger partial charge in [0.1, 0.15) is 5.41 Å². The third kappa shape index (κ3) is 2.42. The second-order valence-electron chi connectivity index (χ2n) is 4.67. The first-order valence-corrected chi connectivity index (χ1v) is 6.56. The van der Waals surface area contributed by atoms with Crippen molar-refractivity contribution in [2.24, 2.45) is 5.41 Å². The molecule has 0 heterocycles. The second kappa shape index (κ2) is 5.48. The van der Waals surface area contributed by atoms with E-state index in [1.165, 1.54) is 0 Å². The number of ether oxygens (including phenoxy) is 1. The van der Waals surface area contributed by atoms with Crippen molar-refractivity contribution in [1.29, 1.82) is 0 Å². The third-order valence-corrected chi connectivity index (χ3v) is 3.76. The summed E-state index contributed by atoms with van der Waals surface area (Å²) >= 11 is 5.75. The van der Waals surface area contributed by atoms with Crippen LogP contribution in [0.1, 0.15) is 24.8 Å². The lowest BCUT2D eigenvalue weighted by Gasteiger charge is -2.14. The van der Waals surface area contributed by atoms with E-state index in [9.17, 15) is 18.4 Å². The van der Waals surface area contributed by atoms with Crippen LogP contribution in [-0.4, -0.2) is 24.8 Å². The fourth-order valence-corrected chi connectivity index (χ4v) is 2.54. The van der Waals surface area contributed by atoms with Gasteiger partial charge in [-0.25, -0.2) is 8.78 Å². The summed E-state index contributed by atoms with van der Waals surface area (Å²) in [7, 11) is 0. The summed E-state index contributed by atoms with van der Waals surface area (Å²) in [6.45, 7) is 1.61. The number of carbonyl (C=O) groups is 2. The summed E-state index contributed by atoms with van der Waals surface area (Å²) in [5.74, 6) is -2.80. The van der Waals surface area contributed by atoms with Gasteiger partial charge < -0.3 is 4.74 Å². The van der Waals surface area contributed by atoms with E-state index in [-0.39, 0.29) is 13.0 Å². The molecule has 0 saturated heterocycles. The molecule has 0 aromatic heterocycles. The minimum absolute atomic E-state index is 0.0461. The number of halogens is 3. The van der Waals surface area contributed by atoms with Crippen LogP contribution in [0.25, 0.3) is 0 Å². The fraction of sp³-hybridized carbons (Fsp3) is 0.429. The van der Waals surface area contributed by atoms with Crippen molar-refractivity contribution in [2.75, 3.05) is 6.61 Å². The van der Waals surface area contributed by atoms with Gasteiger partial charge in [-0.05, 0) is 31.0 Å². The summed E-state index contributed by atoms with van der Waals surface area (Å²) in [5, 5.41) is 0.497. The molecule has 1 saturated carbocycles. The van der Waals surface area contributed by atoms with E-state index in [0.717, 1.165) is 0 Å². The summed E-state index contributed by atoms with van der Waals surface area (Å²) < 4.78 is 30.3. The molecule has 2 unspecified atom stereocenters. The smallest absolute Gasteiger partial charge is 0.320 e. The molecule has 0 N–H and O–H groups in total. The lowest BCUT2D eigenvalue weighted by atomic mass is 9.94. The summed E-state index contributed by atoms with van der Waals surface area (Å²) in [6, 6.07) is 6.45. The molecule has 1 aromatic rings. The zero-order valence-electron chi connectivity index (χ0n) is 10.7. The Bertz CT molecular complexity index is 530. The van der Waals surface area contributed by atoms with E-state index in [1.807, 2.05) is 0 Å². The Kier molecular flexibility index (Phi) is 4.09. The Balaban J connectivity index is 2.30. The number of carbonyl (C=O) groups excluding carboxylic acids is 2. The Morgan fingerprint density at radius 2 is 2.00 bits per heavy atom. The second-order valence-corrected chi connectivity index (χ2v) is 5.10. The quantitative estimate of drug-likeness (QED) is 0.619. The molecule has 0 spiro atoms. The topological polar surface area (TPSA) is 43.4 Å². The van der Waals surface area contributed by atoms with Crippen LogP contribution in [-0.2, 0) is 14.3 Å². The van der Waals surface area contributed by atoms with Crippen LogP contribution < -0.4 is 0 Å². The average Bonchev–Trinajstić information content (AvgIpc) is 3.15. The Labute approximate surface area is 119 Å². The first-order valence-electron chi connectivity index (χ1n) is 6.18. The maximum Gasteiger partial charge on any atom is 0.320 e. The number of esters is 1. The van der Waals surface area contributed by atoms with Gasteiger partial charge in [0.25, 0.3) is 6.43 Å². The predicted octanol–water partition coefficient (Wildman–Crippen LogP) is 3.21. The van der Waals surface area contributed by atoms with Gasteiger partial charge in [0.15, 0.2) is 0 Å². The lowest BCUT2D eigenvalue weighted by molar-refractivity contribution is -0.157. The maximum absolute atomic E-state index is 12.7. The zero-order chi connectivity index (χ0) is 14.9. The monoisotopic (exact) mass is 302 g/mol. The molecule has 0 aliphatic heterocycles. The molecule has 20 heavy (non-hydrogen) atoms. The van der Waals surface area contributed by atoms with Crippen LogP contribution in [0.3, 0.4) is 0 Å². The van der Waals surface area contributed by atoms with Crippen molar-refractivity contribution < 1.29 is 23.1 Å². The highest BCUT2D eigenvalue weighted by molar-refractivity contribution is 6.30. The number of benzene rings is 1. The molecule has 2 atom stereocenters. The van der Waals surface area contributed by atoms with Gasteiger partial charge in [-0.15, -0.1) is 0 Å². The van der Waals surface area contributed by atoms with E-state index in [4.69, 9.17) is 16.3 Å². The van der Waals surface area contributed by atoms with E-state index in [2.05, 4.69) is 0 Å². The van der Waals surface area contributed by atoms with Crippen LogP contribution in [0.5, 0.6) is 0 Å². The SMILES string of the molecule is CCOC(=O)C1(C(=O)C(F)F)CC1c1ccc(Cl)cc1. The first kappa shape index (κ1) is 14.9. The van der Waals surface area contributed by atoms with Gasteiger partial charge in [0.2, 0.25) is 5.78 Å². The number of Topliss-reactive ketones (excluding diaryl/α,β-unsaturated/α-hetero) is 1. The van der Waals surface area contributed by atoms with E-state index in [1.54, 1.807) is 31.2 Å². The first-order chi connectivity index (χ1) is 9.43. The minimum atomic E-state index is -3.18. The van der Waals surface area contributed by atoms with Crippen LogP contribution in [0.15, 0.2) is 24.3 Å². The van der Waals surface area contributed by atoms with Crippen LogP contribution in [0.4, 0.5) is 8.78 Å².